The number of nitrogens with zero attached hydrogens (tertiary/aromatic N) is 3. The van der Waals surface area contributed by atoms with E-state index in [9.17, 15) is 9.59 Å². The number of rotatable bonds is 6. The Labute approximate surface area is 199 Å². The van der Waals surface area contributed by atoms with Crippen LogP contribution in [0.2, 0.25) is 0 Å². The second kappa shape index (κ2) is 10.3. The van der Waals surface area contributed by atoms with E-state index in [-0.39, 0.29) is 6.54 Å². The van der Waals surface area contributed by atoms with Crippen molar-refractivity contribution in [3.8, 4) is 5.75 Å². The highest BCUT2D eigenvalue weighted by molar-refractivity contribution is 6.44. The van der Waals surface area contributed by atoms with Crippen molar-refractivity contribution in [3.63, 3.8) is 0 Å². The number of methoxy groups -OCH3 is 1. The molecule has 176 valence electrons. The molecule has 0 radical (unpaired) electrons. The van der Waals surface area contributed by atoms with E-state index >= 15 is 0 Å². The number of pyridine rings is 2. The molecule has 2 amide bonds. The third kappa shape index (κ3) is 5.17. The molecule has 0 spiro atoms. The smallest absolute Gasteiger partial charge is 0.317 e. The Morgan fingerprint density at radius 2 is 1.88 bits per heavy atom. The van der Waals surface area contributed by atoms with Crippen molar-refractivity contribution in [2.75, 3.05) is 23.1 Å². The molecule has 0 unspecified atom stereocenters. The maximum absolute atomic E-state index is 13.3. The van der Waals surface area contributed by atoms with Crippen LogP contribution in [-0.4, -0.2) is 28.9 Å². The molecular weight excluding hydrogens is 430 g/mol. The second-order valence-corrected chi connectivity index (χ2v) is 8.51. The van der Waals surface area contributed by atoms with Gasteiger partial charge in [0.15, 0.2) is 0 Å². The van der Waals surface area contributed by atoms with Gasteiger partial charge in [0, 0.05) is 6.20 Å². The molecule has 34 heavy (non-hydrogen) atoms. The van der Waals surface area contributed by atoms with Crippen LogP contribution >= 0.6 is 0 Å². The van der Waals surface area contributed by atoms with Gasteiger partial charge in [-0.15, -0.1) is 0 Å². The van der Waals surface area contributed by atoms with Gasteiger partial charge in [-0.1, -0.05) is 31.0 Å². The lowest BCUT2D eigenvalue weighted by atomic mass is 9.99. The van der Waals surface area contributed by atoms with E-state index in [4.69, 9.17) is 10.5 Å². The van der Waals surface area contributed by atoms with Crippen LogP contribution in [0.4, 0.5) is 17.2 Å². The molecule has 1 fully saturated rings. The molecule has 2 heterocycles. The zero-order valence-electron chi connectivity index (χ0n) is 19.5. The standard InChI is InChI=1S/C26H29N5O3/c1-17-13-21(15-29-24(17)27)30-25(32)26(33)31(22-9-5-6-10-23(22)34-2)16-20-12-11-19(14-28-20)18-7-3-4-8-18/h5-6,9-15,18H,3-4,7-8,16H2,1-2H3,(H2,27,29)(H,30,32). The van der Waals surface area contributed by atoms with Crippen LogP contribution in [0.25, 0.3) is 0 Å². The fourth-order valence-corrected chi connectivity index (χ4v) is 4.27. The van der Waals surface area contributed by atoms with E-state index in [1.807, 2.05) is 18.3 Å². The Morgan fingerprint density at radius 1 is 1.12 bits per heavy atom. The quantitative estimate of drug-likeness (QED) is 0.535. The fraction of sp³-hybridized carbons (Fsp3) is 0.308. The lowest BCUT2D eigenvalue weighted by molar-refractivity contribution is -0.134. The number of amides is 2. The average Bonchev–Trinajstić information content (AvgIpc) is 3.40. The van der Waals surface area contributed by atoms with Gasteiger partial charge >= 0.3 is 11.8 Å². The zero-order chi connectivity index (χ0) is 24.1. The Hall–Kier alpha value is -3.94. The van der Waals surface area contributed by atoms with E-state index in [0.29, 0.717) is 40.1 Å². The average molecular weight is 460 g/mol. The predicted octanol–water partition coefficient (Wildman–Crippen LogP) is 4.21. The number of para-hydroxylation sites is 2. The maximum Gasteiger partial charge on any atom is 0.317 e. The number of anilines is 3. The molecule has 4 rings (SSSR count). The summed E-state index contributed by atoms with van der Waals surface area (Å²) in [6.45, 7) is 1.90. The number of nitrogen functional groups attached to an aromatic ring is 1. The highest BCUT2D eigenvalue weighted by Gasteiger charge is 2.27. The number of nitrogens with two attached hydrogens (primary N) is 1. The van der Waals surface area contributed by atoms with Crippen LogP contribution in [-0.2, 0) is 16.1 Å². The van der Waals surface area contributed by atoms with Crippen molar-refractivity contribution in [2.24, 2.45) is 0 Å². The summed E-state index contributed by atoms with van der Waals surface area (Å²) in [7, 11) is 1.53. The first-order valence-electron chi connectivity index (χ1n) is 11.4. The summed E-state index contributed by atoms with van der Waals surface area (Å²) in [6, 6.07) is 12.8. The summed E-state index contributed by atoms with van der Waals surface area (Å²) in [5.74, 6) is -0.125. The maximum atomic E-state index is 13.3. The van der Waals surface area contributed by atoms with E-state index < -0.39 is 11.8 Å². The van der Waals surface area contributed by atoms with Crippen molar-refractivity contribution < 1.29 is 14.3 Å². The topological polar surface area (TPSA) is 110 Å². The number of aromatic nitrogens is 2. The van der Waals surface area contributed by atoms with Gasteiger partial charge in [0.05, 0.1) is 36.9 Å². The molecule has 3 N–H and O–H groups in total. The lowest BCUT2D eigenvalue weighted by Crippen LogP contribution is -2.40. The minimum Gasteiger partial charge on any atom is -0.495 e. The monoisotopic (exact) mass is 459 g/mol. The van der Waals surface area contributed by atoms with Gasteiger partial charge in [-0.2, -0.15) is 0 Å². The molecule has 0 aliphatic heterocycles. The minimum absolute atomic E-state index is 0.122. The van der Waals surface area contributed by atoms with E-state index in [0.717, 1.165) is 0 Å². The predicted molar refractivity (Wildman–Crippen MR) is 132 cm³/mol. The molecule has 3 aromatic rings. The molecule has 0 saturated heterocycles. The molecule has 0 atom stereocenters. The first-order valence-corrected chi connectivity index (χ1v) is 11.4. The zero-order valence-corrected chi connectivity index (χ0v) is 19.5. The van der Waals surface area contributed by atoms with Crippen molar-refractivity contribution in [1.29, 1.82) is 0 Å². The number of aryl methyl sites for hydroxylation is 1. The number of hydrogen-bond donors (Lipinski definition) is 2. The van der Waals surface area contributed by atoms with Crippen molar-refractivity contribution >= 4 is 29.0 Å². The van der Waals surface area contributed by atoms with Crippen molar-refractivity contribution in [2.45, 2.75) is 45.1 Å². The van der Waals surface area contributed by atoms with Crippen molar-refractivity contribution in [1.82, 2.24) is 9.97 Å². The summed E-state index contributed by atoms with van der Waals surface area (Å²) in [5.41, 5.74) is 9.24. The van der Waals surface area contributed by atoms with Crippen LogP contribution in [0.3, 0.4) is 0 Å². The van der Waals surface area contributed by atoms with Crippen LogP contribution < -0.4 is 20.7 Å². The molecule has 1 aromatic carbocycles. The fourth-order valence-electron chi connectivity index (χ4n) is 4.27. The lowest BCUT2D eigenvalue weighted by Gasteiger charge is -2.24. The highest BCUT2D eigenvalue weighted by atomic mass is 16.5. The minimum atomic E-state index is -0.792. The Kier molecular flexibility index (Phi) is 7.06. The molecule has 1 aliphatic carbocycles. The third-order valence-electron chi connectivity index (χ3n) is 6.19. The molecule has 8 heteroatoms. The van der Waals surface area contributed by atoms with Crippen LogP contribution in [0.1, 0.15) is 48.4 Å². The van der Waals surface area contributed by atoms with Gasteiger partial charge in [-0.3, -0.25) is 19.5 Å². The third-order valence-corrected chi connectivity index (χ3v) is 6.19. The second-order valence-electron chi connectivity index (χ2n) is 8.51. The Morgan fingerprint density at radius 3 is 2.56 bits per heavy atom. The van der Waals surface area contributed by atoms with Crippen LogP contribution in [0.5, 0.6) is 5.75 Å². The van der Waals surface area contributed by atoms with Gasteiger partial charge in [-0.05, 0) is 61.1 Å². The summed E-state index contributed by atoms with van der Waals surface area (Å²) < 4.78 is 5.46. The molecule has 0 bridgehead atoms. The summed E-state index contributed by atoms with van der Waals surface area (Å²) in [6.07, 6.45) is 8.18. The summed E-state index contributed by atoms with van der Waals surface area (Å²) in [4.78, 5) is 36.3. The van der Waals surface area contributed by atoms with E-state index in [1.54, 1.807) is 31.2 Å². The van der Waals surface area contributed by atoms with Crippen LogP contribution in [0, 0.1) is 6.92 Å². The Balaban J connectivity index is 1.59. The van der Waals surface area contributed by atoms with Gasteiger partial charge in [-0.25, -0.2) is 4.98 Å². The SMILES string of the molecule is COc1ccccc1N(Cc1ccc(C2CCCC2)cn1)C(=O)C(=O)Nc1cnc(N)c(C)c1. The molecular formula is C26H29N5O3. The molecule has 8 nitrogen and oxygen atoms in total. The highest BCUT2D eigenvalue weighted by Crippen LogP contribution is 2.34. The molecule has 1 aliphatic rings. The first kappa shape index (κ1) is 23.2. The number of benzene rings is 1. The van der Waals surface area contributed by atoms with Gasteiger partial charge < -0.3 is 15.8 Å². The normalized spacial score (nSPS) is 13.5. The van der Waals surface area contributed by atoms with Gasteiger partial charge in [0.1, 0.15) is 11.6 Å². The number of hydrogen-bond acceptors (Lipinski definition) is 6. The van der Waals surface area contributed by atoms with E-state index in [2.05, 4.69) is 21.4 Å². The largest absolute Gasteiger partial charge is 0.495 e. The van der Waals surface area contributed by atoms with Crippen molar-refractivity contribution in [3.05, 3.63) is 71.7 Å². The molecule has 2 aromatic heterocycles. The Bertz CT molecular complexity index is 1170. The van der Waals surface area contributed by atoms with Crippen LogP contribution in [0.15, 0.2) is 54.9 Å². The number of carbonyl (C=O) groups excluding carboxylic acids is 2. The van der Waals surface area contributed by atoms with Gasteiger partial charge in [0.2, 0.25) is 0 Å². The number of carbonyl (C=O) groups is 2. The number of ether oxygens (including phenoxy) is 1. The number of nitrogens with one attached hydrogen (secondary N) is 1. The first-order chi connectivity index (χ1) is 16.5. The van der Waals surface area contributed by atoms with E-state index in [1.165, 1.54) is 49.5 Å². The summed E-state index contributed by atoms with van der Waals surface area (Å²) >= 11 is 0. The van der Waals surface area contributed by atoms with Gasteiger partial charge in [0.25, 0.3) is 0 Å². The summed E-state index contributed by atoms with van der Waals surface area (Å²) in [5, 5.41) is 2.62. The molecule has 1 saturated carbocycles.